The number of fused-ring (bicyclic) bond motifs is 3. The summed E-state index contributed by atoms with van der Waals surface area (Å²) in [5.74, 6) is 1.52. The van der Waals surface area contributed by atoms with Crippen LogP contribution in [0.3, 0.4) is 0 Å². The molecule has 4 unspecified atom stereocenters. The fourth-order valence-electron chi connectivity index (χ4n) is 2.21. The Kier molecular flexibility index (Phi) is 0.789. The van der Waals surface area contributed by atoms with Gasteiger partial charge in [-0.05, 0) is 12.3 Å². The van der Waals surface area contributed by atoms with Gasteiger partial charge in [0.05, 0.1) is 12.2 Å². The maximum Gasteiger partial charge on any atom is 0.0910 e. The van der Waals surface area contributed by atoms with Crippen molar-refractivity contribution in [2.24, 2.45) is 11.8 Å². The Labute approximate surface area is 60.4 Å². The standard InChI is InChI=1S/C9H10O/c1-2-4-7-6(3-1)5-8-9(7)10-8/h1-4,6-9H,5H2. The molecule has 1 heteroatoms. The Hall–Kier alpha value is -0.560. The van der Waals surface area contributed by atoms with E-state index in [1.54, 1.807) is 0 Å². The zero-order valence-corrected chi connectivity index (χ0v) is 5.73. The predicted octanol–water partition coefficient (Wildman–Crippen LogP) is 1.52. The Balaban J connectivity index is 1.95. The van der Waals surface area contributed by atoms with Crippen LogP contribution in [0.1, 0.15) is 6.42 Å². The Morgan fingerprint density at radius 2 is 2.10 bits per heavy atom. The highest BCUT2D eigenvalue weighted by Crippen LogP contribution is 2.48. The molecular weight excluding hydrogens is 124 g/mol. The molecule has 0 aromatic heterocycles. The number of epoxide rings is 1. The van der Waals surface area contributed by atoms with Gasteiger partial charge in [0.15, 0.2) is 0 Å². The summed E-state index contributed by atoms with van der Waals surface area (Å²) in [6.45, 7) is 0. The second kappa shape index (κ2) is 1.54. The normalized spacial score (nSPS) is 54.4. The third kappa shape index (κ3) is 0.517. The lowest BCUT2D eigenvalue weighted by atomic mass is 9.91. The molecular formula is C9H10O. The van der Waals surface area contributed by atoms with Crippen LogP contribution in [0.5, 0.6) is 0 Å². The number of hydrogen-bond donors (Lipinski definition) is 0. The van der Waals surface area contributed by atoms with Crippen molar-refractivity contribution in [3.8, 4) is 0 Å². The zero-order valence-electron chi connectivity index (χ0n) is 5.73. The van der Waals surface area contributed by atoms with E-state index in [2.05, 4.69) is 24.3 Å². The van der Waals surface area contributed by atoms with Crippen LogP contribution < -0.4 is 0 Å². The fraction of sp³-hybridized carbons (Fsp3) is 0.556. The van der Waals surface area contributed by atoms with E-state index in [4.69, 9.17) is 4.74 Å². The molecule has 0 bridgehead atoms. The van der Waals surface area contributed by atoms with Crippen molar-refractivity contribution in [2.75, 3.05) is 0 Å². The van der Waals surface area contributed by atoms with Gasteiger partial charge in [-0.3, -0.25) is 0 Å². The van der Waals surface area contributed by atoms with Crippen molar-refractivity contribution < 1.29 is 4.74 Å². The van der Waals surface area contributed by atoms with Gasteiger partial charge in [0.1, 0.15) is 0 Å². The van der Waals surface area contributed by atoms with Gasteiger partial charge in [0.2, 0.25) is 0 Å². The summed E-state index contributed by atoms with van der Waals surface area (Å²) in [7, 11) is 0. The minimum atomic E-state index is 0.589. The predicted molar refractivity (Wildman–Crippen MR) is 38.5 cm³/mol. The Morgan fingerprint density at radius 3 is 3.00 bits per heavy atom. The van der Waals surface area contributed by atoms with E-state index in [0.717, 1.165) is 11.8 Å². The van der Waals surface area contributed by atoms with E-state index in [1.165, 1.54) is 6.42 Å². The van der Waals surface area contributed by atoms with Gasteiger partial charge in [-0.15, -0.1) is 0 Å². The molecule has 2 aliphatic carbocycles. The summed E-state index contributed by atoms with van der Waals surface area (Å²) in [5, 5.41) is 0. The molecule has 2 fully saturated rings. The molecule has 4 atom stereocenters. The summed E-state index contributed by atoms with van der Waals surface area (Å²) >= 11 is 0. The summed E-state index contributed by atoms with van der Waals surface area (Å²) in [5.41, 5.74) is 0. The average molecular weight is 134 g/mol. The van der Waals surface area contributed by atoms with E-state index in [1.807, 2.05) is 0 Å². The smallest absolute Gasteiger partial charge is 0.0910 e. The first-order valence-corrected chi connectivity index (χ1v) is 3.95. The molecule has 1 heterocycles. The van der Waals surface area contributed by atoms with E-state index in [0.29, 0.717) is 12.2 Å². The molecule has 1 saturated carbocycles. The highest BCUT2D eigenvalue weighted by molar-refractivity contribution is 5.22. The zero-order chi connectivity index (χ0) is 6.55. The third-order valence-electron chi connectivity index (χ3n) is 2.80. The van der Waals surface area contributed by atoms with Crippen molar-refractivity contribution >= 4 is 0 Å². The lowest BCUT2D eigenvalue weighted by Crippen LogP contribution is -2.11. The van der Waals surface area contributed by atoms with Crippen molar-refractivity contribution in [3.63, 3.8) is 0 Å². The minimum Gasteiger partial charge on any atom is -0.369 e. The quantitative estimate of drug-likeness (QED) is 0.457. The summed E-state index contributed by atoms with van der Waals surface area (Å²) < 4.78 is 5.44. The highest BCUT2D eigenvalue weighted by atomic mass is 16.6. The van der Waals surface area contributed by atoms with Crippen LogP contribution in [0.25, 0.3) is 0 Å². The summed E-state index contributed by atoms with van der Waals surface area (Å²) in [4.78, 5) is 0. The summed E-state index contributed by atoms with van der Waals surface area (Å²) in [6, 6.07) is 0. The highest BCUT2D eigenvalue weighted by Gasteiger charge is 2.53. The first kappa shape index (κ1) is 5.14. The topological polar surface area (TPSA) is 12.5 Å². The van der Waals surface area contributed by atoms with Gasteiger partial charge < -0.3 is 4.74 Å². The molecule has 0 N–H and O–H groups in total. The van der Waals surface area contributed by atoms with Crippen molar-refractivity contribution in [1.82, 2.24) is 0 Å². The number of rotatable bonds is 0. The van der Waals surface area contributed by atoms with Crippen molar-refractivity contribution in [2.45, 2.75) is 18.6 Å². The third-order valence-corrected chi connectivity index (χ3v) is 2.80. The molecule has 3 rings (SSSR count). The number of ether oxygens (including phenoxy) is 1. The van der Waals surface area contributed by atoms with Crippen LogP contribution in [0.2, 0.25) is 0 Å². The van der Waals surface area contributed by atoms with Gasteiger partial charge >= 0.3 is 0 Å². The number of allylic oxidation sites excluding steroid dienone is 3. The van der Waals surface area contributed by atoms with Gasteiger partial charge in [0, 0.05) is 5.92 Å². The summed E-state index contributed by atoms with van der Waals surface area (Å²) in [6.07, 6.45) is 11.4. The second-order valence-electron chi connectivity index (χ2n) is 3.39. The lowest BCUT2D eigenvalue weighted by molar-refractivity contribution is 0.256. The molecule has 1 nitrogen and oxygen atoms in total. The van der Waals surface area contributed by atoms with E-state index in [9.17, 15) is 0 Å². The van der Waals surface area contributed by atoms with Crippen LogP contribution in [-0.4, -0.2) is 12.2 Å². The first-order valence-electron chi connectivity index (χ1n) is 3.95. The molecule has 0 aromatic carbocycles. The second-order valence-corrected chi connectivity index (χ2v) is 3.39. The molecule has 1 saturated heterocycles. The van der Waals surface area contributed by atoms with Crippen LogP contribution in [0.4, 0.5) is 0 Å². The minimum absolute atomic E-state index is 0.589. The molecule has 3 aliphatic rings. The molecule has 0 spiro atoms. The number of hydrogen-bond acceptors (Lipinski definition) is 1. The van der Waals surface area contributed by atoms with E-state index < -0.39 is 0 Å². The maximum absolute atomic E-state index is 5.44. The SMILES string of the molecule is C1=CC2CC3OC3C2C=C1. The van der Waals surface area contributed by atoms with Gasteiger partial charge in [0.25, 0.3) is 0 Å². The molecule has 0 aromatic rings. The lowest BCUT2D eigenvalue weighted by Gasteiger charge is -2.16. The monoisotopic (exact) mass is 134 g/mol. The first-order chi connectivity index (χ1) is 4.95. The molecule has 52 valence electrons. The van der Waals surface area contributed by atoms with Crippen LogP contribution >= 0.6 is 0 Å². The van der Waals surface area contributed by atoms with Crippen LogP contribution in [0, 0.1) is 11.8 Å². The largest absolute Gasteiger partial charge is 0.369 e. The molecule has 10 heavy (non-hydrogen) atoms. The van der Waals surface area contributed by atoms with Crippen LogP contribution in [0.15, 0.2) is 24.3 Å². The Bertz CT molecular complexity index is 217. The fourth-order valence-corrected chi connectivity index (χ4v) is 2.21. The van der Waals surface area contributed by atoms with E-state index >= 15 is 0 Å². The van der Waals surface area contributed by atoms with E-state index in [-0.39, 0.29) is 0 Å². The molecule has 1 aliphatic heterocycles. The molecule has 0 radical (unpaired) electrons. The van der Waals surface area contributed by atoms with Gasteiger partial charge in [-0.25, -0.2) is 0 Å². The maximum atomic E-state index is 5.44. The van der Waals surface area contributed by atoms with Gasteiger partial charge in [-0.2, -0.15) is 0 Å². The van der Waals surface area contributed by atoms with Gasteiger partial charge in [-0.1, -0.05) is 24.3 Å². The Morgan fingerprint density at radius 1 is 1.20 bits per heavy atom. The average Bonchev–Trinajstić information content (AvgIpc) is 2.64. The van der Waals surface area contributed by atoms with Crippen molar-refractivity contribution in [1.29, 1.82) is 0 Å². The van der Waals surface area contributed by atoms with Crippen molar-refractivity contribution in [3.05, 3.63) is 24.3 Å². The van der Waals surface area contributed by atoms with Crippen LogP contribution in [-0.2, 0) is 4.74 Å². The molecule has 0 amide bonds.